The minimum atomic E-state index is -4.77. The molecule has 0 fully saturated rings. The number of halogens is 4. The number of unbranched alkanes of at least 4 members (excludes halogenated alkanes) is 1. The van der Waals surface area contributed by atoms with Crippen LogP contribution in [-0.2, 0) is 40.1 Å². The van der Waals surface area contributed by atoms with Crippen LogP contribution in [0.4, 0.5) is 13.2 Å². The normalized spacial score (nSPS) is 19.4. The molecule has 4 aromatic rings. The summed E-state index contributed by atoms with van der Waals surface area (Å²) in [6.45, 7) is 2.27. The van der Waals surface area contributed by atoms with Crippen LogP contribution >= 0.6 is 23.4 Å². The van der Waals surface area contributed by atoms with Crippen LogP contribution in [0.2, 0.25) is 5.02 Å². The van der Waals surface area contributed by atoms with E-state index in [1.165, 1.54) is 17.2 Å². The molecule has 0 spiro atoms. The average molecular weight is 786 g/mol. The van der Waals surface area contributed by atoms with Gasteiger partial charge in [0.05, 0.1) is 16.6 Å². The van der Waals surface area contributed by atoms with E-state index >= 15 is 0 Å². The van der Waals surface area contributed by atoms with Gasteiger partial charge in [-0.05, 0) is 86.7 Å². The molecule has 54 heavy (non-hydrogen) atoms. The van der Waals surface area contributed by atoms with Crippen LogP contribution in [0.25, 0.3) is 10.9 Å². The summed E-state index contributed by atoms with van der Waals surface area (Å²) in [5, 5.41) is 7.37. The molecule has 0 bridgehead atoms. The number of aromatic nitrogens is 2. The molecule has 0 aliphatic carbocycles. The molecule has 10 nitrogen and oxygen atoms in total. The van der Waals surface area contributed by atoms with E-state index in [9.17, 15) is 27.6 Å². The summed E-state index contributed by atoms with van der Waals surface area (Å²) in [6, 6.07) is 11.3. The van der Waals surface area contributed by atoms with Crippen LogP contribution in [0.5, 0.6) is 0 Å². The van der Waals surface area contributed by atoms with Gasteiger partial charge in [0.15, 0.2) is 5.78 Å². The number of nitrogens with zero attached hydrogens (tertiary/aromatic N) is 2. The third kappa shape index (κ3) is 10.0. The van der Waals surface area contributed by atoms with Crippen molar-refractivity contribution in [3.63, 3.8) is 0 Å². The first-order chi connectivity index (χ1) is 26.0. The fourth-order valence-electron chi connectivity index (χ4n) is 6.97. The molecule has 0 saturated carbocycles. The second-order valence-electron chi connectivity index (χ2n) is 13.4. The van der Waals surface area contributed by atoms with Gasteiger partial charge < -0.3 is 32.0 Å². The lowest BCUT2D eigenvalue weighted by Gasteiger charge is -2.33. The van der Waals surface area contributed by atoms with Crippen molar-refractivity contribution in [2.24, 2.45) is 17.4 Å². The zero-order valence-electron chi connectivity index (χ0n) is 30.2. The fourth-order valence-corrected chi connectivity index (χ4v) is 8.32. The number of pyridine rings is 1. The molecule has 1 aliphatic rings. The Morgan fingerprint density at radius 3 is 2.50 bits per heavy atom. The Labute approximate surface area is 322 Å². The van der Waals surface area contributed by atoms with Crippen molar-refractivity contribution in [2.45, 2.75) is 93.1 Å². The molecular formula is C39H47ClF3N7O3S. The Morgan fingerprint density at radius 2 is 1.76 bits per heavy atom. The van der Waals surface area contributed by atoms with Gasteiger partial charge in [-0.15, -0.1) is 0 Å². The summed E-state index contributed by atoms with van der Waals surface area (Å²) < 4.78 is 43.9. The first kappa shape index (κ1) is 41.2. The standard InChI is InChI=1S/C39H47ClF3N7O3S/c1-2-50-33(19-26-22-47-31-12-4-3-11-27(26)31)36(52)49-23-28-29(39(41,42)43)14-15-30(40)35(28)54-37-25(10-8-18-46-37)21-48-32(13-7-17-45)34(51)20-24(38(50)53)9-5-6-16-44/h3-4,8,10-12,14-15,18,22,24,32-33,47-48H,2,5-7,9,13,16-17,19-21,23,44-45H2,1H3,(H,49,52)/t24-,32+,33+/m1/s1. The molecule has 2 amide bonds. The summed E-state index contributed by atoms with van der Waals surface area (Å²) in [5.74, 6) is -1.96. The number of Topliss-reactive ketones (excluding diaryl/α,β-unsaturated/α-hetero) is 1. The molecule has 2 aromatic carbocycles. The molecule has 7 N–H and O–H groups in total. The van der Waals surface area contributed by atoms with Crippen LogP contribution in [0.15, 0.2) is 70.8 Å². The Bertz CT molecular complexity index is 1920. The highest BCUT2D eigenvalue weighted by atomic mass is 35.5. The maximum atomic E-state index is 14.7. The first-order valence-electron chi connectivity index (χ1n) is 18.3. The van der Waals surface area contributed by atoms with Crippen molar-refractivity contribution in [1.82, 2.24) is 25.5 Å². The number of nitrogens with one attached hydrogen (secondary N) is 3. The number of carbonyl (C=O) groups is 3. The molecule has 0 saturated heterocycles. The predicted octanol–water partition coefficient (Wildman–Crippen LogP) is 6.38. The van der Waals surface area contributed by atoms with Gasteiger partial charge in [0, 0.05) is 66.6 Å². The second kappa shape index (κ2) is 19.1. The lowest BCUT2D eigenvalue weighted by Crippen LogP contribution is -2.52. The highest BCUT2D eigenvalue weighted by Crippen LogP contribution is 2.43. The van der Waals surface area contributed by atoms with Crippen molar-refractivity contribution in [1.29, 1.82) is 0 Å². The van der Waals surface area contributed by atoms with Gasteiger partial charge in [-0.1, -0.05) is 54.0 Å². The molecule has 15 heteroatoms. The van der Waals surface area contributed by atoms with E-state index in [2.05, 4.69) is 20.6 Å². The van der Waals surface area contributed by atoms with Crippen LogP contribution < -0.4 is 22.1 Å². The van der Waals surface area contributed by atoms with E-state index in [-0.39, 0.29) is 53.1 Å². The van der Waals surface area contributed by atoms with Gasteiger partial charge in [-0.3, -0.25) is 14.4 Å². The number of fused-ring (bicyclic) bond motifs is 3. The zero-order chi connectivity index (χ0) is 38.8. The van der Waals surface area contributed by atoms with Crippen molar-refractivity contribution >= 4 is 51.9 Å². The minimum Gasteiger partial charge on any atom is -0.361 e. The largest absolute Gasteiger partial charge is 0.416 e. The number of nitrogens with two attached hydrogens (primary N) is 2. The van der Waals surface area contributed by atoms with Crippen LogP contribution in [0, 0.1) is 5.92 Å². The molecule has 290 valence electrons. The maximum Gasteiger partial charge on any atom is 0.416 e. The lowest BCUT2D eigenvalue weighted by molar-refractivity contribution is -0.145. The SMILES string of the molecule is CCN1C(=O)[C@H](CCCCN)CC(=O)[C@H](CCCN)NCc2cccnc2Sc2c(Cl)ccc(C(F)(F)F)c2CNC(=O)[C@@H]1Cc1c[nH]c2ccccc12. The van der Waals surface area contributed by atoms with Crippen molar-refractivity contribution in [3.05, 3.63) is 88.2 Å². The van der Waals surface area contributed by atoms with E-state index in [1.54, 1.807) is 25.3 Å². The summed E-state index contributed by atoms with van der Waals surface area (Å²) in [7, 11) is 0. The Hall–Kier alpha value is -3.95. The number of amides is 2. The molecular weight excluding hydrogens is 739 g/mol. The number of hydrogen-bond donors (Lipinski definition) is 5. The molecule has 5 rings (SSSR count). The number of benzene rings is 2. The molecule has 1 aliphatic heterocycles. The monoisotopic (exact) mass is 785 g/mol. The van der Waals surface area contributed by atoms with E-state index in [1.807, 2.05) is 24.3 Å². The average Bonchev–Trinajstić information content (AvgIpc) is 3.56. The highest BCUT2D eigenvalue weighted by molar-refractivity contribution is 7.99. The first-order valence-corrected chi connectivity index (χ1v) is 19.5. The summed E-state index contributed by atoms with van der Waals surface area (Å²) in [5.41, 5.74) is 12.7. The molecule has 0 radical (unpaired) electrons. The zero-order valence-corrected chi connectivity index (χ0v) is 31.8. The minimum absolute atomic E-state index is 0.0525. The van der Waals surface area contributed by atoms with Gasteiger partial charge in [-0.25, -0.2) is 4.98 Å². The molecule has 2 aromatic heterocycles. The predicted molar refractivity (Wildman–Crippen MR) is 205 cm³/mol. The Kier molecular flexibility index (Phi) is 14.6. The number of carbonyl (C=O) groups excluding carboxylic acids is 3. The number of alkyl halides is 3. The number of H-pyrrole nitrogens is 1. The van der Waals surface area contributed by atoms with Gasteiger partial charge in [0.1, 0.15) is 11.1 Å². The Balaban J connectivity index is 1.65. The topological polar surface area (TPSA) is 159 Å². The third-order valence-electron chi connectivity index (χ3n) is 9.82. The number of ketones is 1. The highest BCUT2D eigenvalue weighted by Gasteiger charge is 2.38. The van der Waals surface area contributed by atoms with Crippen molar-refractivity contribution in [2.75, 3.05) is 19.6 Å². The molecule has 0 unspecified atom stereocenters. The van der Waals surface area contributed by atoms with Crippen molar-refractivity contribution < 1.29 is 27.6 Å². The second-order valence-corrected chi connectivity index (χ2v) is 14.8. The van der Waals surface area contributed by atoms with Gasteiger partial charge in [0.25, 0.3) is 0 Å². The van der Waals surface area contributed by atoms with Gasteiger partial charge >= 0.3 is 6.18 Å². The quantitative estimate of drug-likeness (QED) is 0.116. The van der Waals surface area contributed by atoms with Gasteiger partial charge in [0.2, 0.25) is 11.8 Å². The molecule has 3 heterocycles. The van der Waals surface area contributed by atoms with Crippen LogP contribution in [-0.4, -0.2) is 64.2 Å². The van der Waals surface area contributed by atoms with Crippen LogP contribution in [0.1, 0.15) is 67.7 Å². The van der Waals surface area contributed by atoms with E-state index in [4.69, 9.17) is 23.1 Å². The van der Waals surface area contributed by atoms with E-state index in [0.717, 1.165) is 34.3 Å². The van der Waals surface area contributed by atoms with Crippen LogP contribution in [0.3, 0.4) is 0 Å². The van der Waals surface area contributed by atoms with Crippen molar-refractivity contribution in [3.8, 4) is 0 Å². The summed E-state index contributed by atoms with van der Waals surface area (Å²) in [6.07, 6.45) is 1.08. The smallest absolute Gasteiger partial charge is 0.361 e. The Morgan fingerprint density at radius 1 is 0.981 bits per heavy atom. The molecule has 3 atom stereocenters. The number of aromatic amines is 1. The number of likely N-dealkylation sites (N-methyl/N-ethyl adjacent to an activating group) is 1. The summed E-state index contributed by atoms with van der Waals surface area (Å²) >= 11 is 7.60. The maximum absolute atomic E-state index is 14.7. The van der Waals surface area contributed by atoms with Gasteiger partial charge in [-0.2, -0.15) is 13.2 Å². The number of rotatable bonds is 10. The lowest BCUT2D eigenvalue weighted by atomic mass is 9.90. The fraction of sp³-hybridized carbons (Fsp3) is 0.436. The number of para-hydroxylation sites is 1. The summed E-state index contributed by atoms with van der Waals surface area (Å²) in [4.78, 5) is 52.5. The van der Waals surface area contributed by atoms with E-state index in [0.29, 0.717) is 55.8 Å². The number of hydrogen-bond acceptors (Lipinski definition) is 8. The van der Waals surface area contributed by atoms with E-state index < -0.39 is 42.2 Å². The third-order valence-corrected chi connectivity index (χ3v) is 11.5.